The van der Waals surface area contributed by atoms with Crippen molar-refractivity contribution in [3.63, 3.8) is 0 Å². The number of methoxy groups -OCH3 is 1. The van der Waals surface area contributed by atoms with Gasteiger partial charge >= 0.3 is 0 Å². The smallest absolute Gasteiger partial charge is 0.234 e. The van der Waals surface area contributed by atoms with Crippen molar-refractivity contribution in [3.05, 3.63) is 89.0 Å². The first kappa shape index (κ1) is 22.9. The average molecular weight is 445 g/mol. The molecule has 6 nitrogen and oxygen atoms in total. The molecular formula is C27H32N4O2. The number of aromatic nitrogens is 2. The predicted octanol–water partition coefficient (Wildman–Crippen LogP) is 3.88. The molecule has 1 aromatic carbocycles. The Morgan fingerprint density at radius 1 is 1.09 bits per heavy atom. The minimum atomic E-state index is 0.0505. The number of nitrogens with zero attached hydrogens (tertiary/aromatic N) is 3. The Balaban J connectivity index is 1.29. The van der Waals surface area contributed by atoms with Gasteiger partial charge in [-0.15, -0.1) is 0 Å². The highest BCUT2D eigenvalue weighted by Crippen LogP contribution is 2.28. The van der Waals surface area contributed by atoms with Gasteiger partial charge in [0.25, 0.3) is 0 Å². The standard InChI is InChI=1S/C27H32N4O2/c1-20-15-22(16-21-6-8-25(33-2)9-7-21)17-26(30-20)23-10-13-31(14-11-23)19-27(32)29-18-24-5-3-4-12-28-24/h3-9,12,15,17,23H,10-11,13-14,16,18-19H2,1-2H3,(H,29,32). The lowest BCUT2D eigenvalue weighted by atomic mass is 9.91. The second-order valence-electron chi connectivity index (χ2n) is 8.71. The number of carbonyl (C=O) groups excluding carboxylic acids is 1. The van der Waals surface area contributed by atoms with E-state index in [4.69, 9.17) is 9.72 Å². The summed E-state index contributed by atoms with van der Waals surface area (Å²) in [6.45, 7) is 4.79. The topological polar surface area (TPSA) is 67.3 Å². The minimum Gasteiger partial charge on any atom is -0.497 e. The van der Waals surface area contributed by atoms with E-state index in [1.807, 2.05) is 30.3 Å². The van der Waals surface area contributed by atoms with E-state index in [-0.39, 0.29) is 5.91 Å². The van der Waals surface area contributed by atoms with Crippen LogP contribution in [0, 0.1) is 6.92 Å². The first-order valence-corrected chi connectivity index (χ1v) is 11.6. The van der Waals surface area contributed by atoms with Gasteiger partial charge in [0, 0.05) is 23.5 Å². The van der Waals surface area contributed by atoms with E-state index in [1.54, 1.807) is 13.3 Å². The van der Waals surface area contributed by atoms with Crippen molar-refractivity contribution < 1.29 is 9.53 Å². The summed E-state index contributed by atoms with van der Waals surface area (Å²) in [6, 6.07) is 18.4. The van der Waals surface area contributed by atoms with Gasteiger partial charge in [-0.1, -0.05) is 18.2 Å². The van der Waals surface area contributed by atoms with Crippen LogP contribution in [0.5, 0.6) is 5.75 Å². The Kier molecular flexibility index (Phi) is 7.68. The third-order valence-electron chi connectivity index (χ3n) is 6.17. The van der Waals surface area contributed by atoms with Gasteiger partial charge in [-0.3, -0.25) is 19.7 Å². The van der Waals surface area contributed by atoms with Gasteiger partial charge in [-0.05, 0) is 86.8 Å². The summed E-state index contributed by atoms with van der Waals surface area (Å²) in [5, 5.41) is 2.97. The lowest BCUT2D eigenvalue weighted by molar-refractivity contribution is -0.122. The number of hydrogen-bond donors (Lipinski definition) is 1. The first-order valence-electron chi connectivity index (χ1n) is 11.6. The SMILES string of the molecule is COc1ccc(Cc2cc(C)nc(C3CCN(CC(=O)NCc4ccccn4)CC3)c2)cc1. The lowest BCUT2D eigenvalue weighted by Gasteiger charge is -2.31. The van der Waals surface area contributed by atoms with Gasteiger partial charge in [0.1, 0.15) is 5.75 Å². The van der Waals surface area contributed by atoms with Gasteiger partial charge in [-0.25, -0.2) is 0 Å². The van der Waals surface area contributed by atoms with Crippen LogP contribution >= 0.6 is 0 Å². The van der Waals surface area contributed by atoms with Crippen molar-refractivity contribution in [3.8, 4) is 5.75 Å². The summed E-state index contributed by atoms with van der Waals surface area (Å²) in [6.07, 6.45) is 4.67. The van der Waals surface area contributed by atoms with Crippen LogP contribution in [0.2, 0.25) is 0 Å². The molecule has 0 unspecified atom stereocenters. The van der Waals surface area contributed by atoms with Crippen LogP contribution in [-0.4, -0.2) is 47.5 Å². The molecule has 0 atom stereocenters. The molecule has 0 saturated carbocycles. The molecule has 1 aliphatic rings. The number of aryl methyl sites for hydroxylation is 1. The number of likely N-dealkylation sites (tertiary alicyclic amines) is 1. The van der Waals surface area contributed by atoms with Crippen molar-refractivity contribution in [2.45, 2.75) is 38.6 Å². The second kappa shape index (κ2) is 11.1. The molecule has 172 valence electrons. The van der Waals surface area contributed by atoms with E-state index < -0.39 is 0 Å². The predicted molar refractivity (Wildman–Crippen MR) is 129 cm³/mol. The van der Waals surface area contributed by atoms with E-state index >= 15 is 0 Å². The van der Waals surface area contributed by atoms with Crippen molar-refractivity contribution >= 4 is 5.91 Å². The fraction of sp³-hybridized carbons (Fsp3) is 0.370. The number of benzene rings is 1. The van der Waals surface area contributed by atoms with Crippen molar-refractivity contribution in [1.29, 1.82) is 0 Å². The molecule has 2 aromatic heterocycles. The van der Waals surface area contributed by atoms with Crippen molar-refractivity contribution in [2.24, 2.45) is 0 Å². The number of ether oxygens (including phenoxy) is 1. The van der Waals surface area contributed by atoms with Crippen LogP contribution in [0.3, 0.4) is 0 Å². The fourth-order valence-electron chi connectivity index (χ4n) is 4.40. The van der Waals surface area contributed by atoms with E-state index in [0.717, 1.165) is 49.5 Å². The first-order chi connectivity index (χ1) is 16.1. The summed E-state index contributed by atoms with van der Waals surface area (Å²) in [7, 11) is 1.69. The maximum atomic E-state index is 12.3. The second-order valence-corrected chi connectivity index (χ2v) is 8.71. The highest BCUT2D eigenvalue weighted by atomic mass is 16.5. The molecule has 1 saturated heterocycles. The van der Waals surface area contributed by atoms with Crippen LogP contribution in [0.1, 0.15) is 47.0 Å². The zero-order chi connectivity index (χ0) is 23.0. The molecule has 3 heterocycles. The molecule has 1 fully saturated rings. The zero-order valence-electron chi connectivity index (χ0n) is 19.5. The number of carbonyl (C=O) groups is 1. The highest BCUT2D eigenvalue weighted by Gasteiger charge is 2.23. The fourth-order valence-corrected chi connectivity index (χ4v) is 4.40. The molecule has 0 aliphatic carbocycles. The molecular weight excluding hydrogens is 412 g/mol. The van der Waals surface area contributed by atoms with E-state index in [2.05, 4.69) is 46.4 Å². The Labute approximate surface area is 196 Å². The van der Waals surface area contributed by atoms with Crippen LogP contribution in [0.4, 0.5) is 0 Å². The molecule has 1 amide bonds. The normalized spacial score (nSPS) is 14.7. The van der Waals surface area contributed by atoms with Crippen molar-refractivity contribution in [2.75, 3.05) is 26.7 Å². The Morgan fingerprint density at radius 3 is 2.58 bits per heavy atom. The Bertz CT molecular complexity index is 1050. The summed E-state index contributed by atoms with van der Waals surface area (Å²) in [4.78, 5) is 23.7. The third kappa shape index (κ3) is 6.62. The number of nitrogens with one attached hydrogen (secondary N) is 1. The maximum Gasteiger partial charge on any atom is 0.234 e. The van der Waals surface area contributed by atoms with Crippen LogP contribution in [0.15, 0.2) is 60.8 Å². The maximum absolute atomic E-state index is 12.3. The highest BCUT2D eigenvalue weighted by molar-refractivity contribution is 5.77. The van der Waals surface area contributed by atoms with E-state index in [9.17, 15) is 4.79 Å². The molecule has 0 bridgehead atoms. The monoisotopic (exact) mass is 444 g/mol. The number of rotatable bonds is 8. The Hall–Kier alpha value is -3.25. The molecule has 3 aromatic rings. The summed E-state index contributed by atoms with van der Waals surface area (Å²) < 4.78 is 5.26. The average Bonchev–Trinajstić information content (AvgIpc) is 2.84. The molecule has 33 heavy (non-hydrogen) atoms. The van der Waals surface area contributed by atoms with Crippen LogP contribution in [-0.2, 0) is 17.8 Å². The number of hydrogen-bond acceptors (Lipinski definition) is 5. The van der Waals surface area contributed by atoms with Gasteiger partial charge in [0.05, 0.1) is 25.9 Å². The van der Waals surface area contributed by atoms with Gasteiger partial charge in [-0.2, -0.15) is 0 Å². The molecule has 1 aliphatic heterocycles. The molecule has 0 spiro atoms. The van der Waals surface area contributed by atoms with Gasteiger partial charge in [0.2, 0.25) is 5.91 Å². The molecule has 4 rings (SSSR count). The lowest BCUT2D eigenvalue weighted by Crippen LogP contribution is -2.41. The van der Waals surface area contributed by atoms with E-state index in [0.29, 0.717) is 19.0 Å². The van der Waals surface area contributed by atoms with Crippen LogP contribution in [0.25, 0.3) is 0 Å². The number of piperidine rings is 1. The van der Waals surface area contributed by atoms with Gasteiger partial charge < -0.3 is 10.1 Å². The summed E-state index contributed by atoms with van der Waals surface area (Å²) in [5.74, 6) is 1.37. The molecule has 6 heteroatoms. The quantitative estimate of drug-likeness (QED) is 0.571. The van der Waals surface area contributed by atoms with E-state index in [1.165, 1.54) is 16.8 Å². The number of amides is 1. The van der Waals surface area contributed by atoms with Crippen LogP contribution < -0.4 is 10.1 Å². The largest absolute Gasteiger partial charge is 0.497 e. The minimum absolute atomic E-state index is 0.0505. The third-order valence-corrected chi connectivity index (χ3v) is 6.17. The van der Waals surface area contributed by atoms with Crippen molar-refractivity contribution in [1.82, 2.24) is 20.2 Å². The Morgan fingerprint density at radius 2 is 1.88 bits per heavy atom. The van der Waals surface area contributed by atoms with Gasteiger partial charge in [0.15, 0.2) is 0 Å². The zero-order valence-corrected chi connectivity index (χ0v) is 19.5. The molecule has 0 radical (unpaired) electrons. The number of pyridine rings is 2. The summed E-state index contributed by atoms with van der Waals surface area (Å²) >= 11 is 0. The molecule has 1 N–H and O–H groups in total. The summed E-state index contributed by atoms with van der Waals surface area (Å²) in [5.41, 5.74) is 5.67.